The van der Waals surface area contributed by atoms with E-state index in [1.54, 1.807) is 24.3 Å². The monoisotopic (exact) mass is 285 g/mol. The zero-order valence-electron chi connectivity index (χ0n) is 10.1. The SMILES string of the molecule is CC(N)(c1cccc(Cl)c1)c1ccc(F)c(F)c1F. The van der Waals surface area contributed by atoms with Gasteiger partial charge in [0.2, 0.25) is 0 Å². The summed E-state index contributed by atoms with van der Waals surface area (Å²) in [5, 5.41) is 0.428. The summed E-state index contributed by atoms with van der Waals surface area (Å²) in [5.41, 5.74) is 5.12. The third kappa shape index (κ3) is 2.46. The Bertz CT molecular complexity index is 626. The van der Waals surface area contributed by atoms with E-state index in [0.29, 0.717) is 10.6 Å². The molecule has 19 heavy (non-hydrogen) atoms. The van der Waals surface area contributed by atoms with Crippen molar-refractivity contribution in [3.8, 4) is 0 Å². The van der Waals surface area contributed by atoms with Crippen molar-refractivity contribution in [3.63, 3.8) is 0 Å². The highest BCUT2D eigenvalue weighted by Gasteiger charge is 2.29. The molecule has 0 heterocycles. The van der Waals surface area contributed by atoms with Crippen LogP contribution < -0.4 is 5.73 Å². The van der Waals surface area contributed by atoms with Gasteiger partial charge < -0.3 is 5.73 Å². The number of hydrogen-bond acceptors (Lipinski definition) is 1. The lowest BCUT2D eigenvalue weighted by Crippen LogP contribution is -2.35. The van der Waals surface area contributed by atoms with Crippen molar-refractivity contribution in [1.29, 1.82) is 0 Å². The van der Waals surface area contributed by atoms with E-state index in [9.17, 15) is 13.2 Å². The van der Waals surface area contributed by atoms with Crippen molar-refractivity contribution in [2.24, 2.45) is 5.73 Å². The van der Waals surface area contributed by atoms with Gasteiger partial charge in [-0.3, -0.25) is 0 Å². The molecule has 0 aliphatic rings. The molecular formula is C14H11ClF3N. The molecule has 0 aliphatic carbocycles. The summed E-state index contributed by atoms with van der Waals surface area (Å²) < 4.78 is 40.0. The largest absolute Gasteiger partial charge is 0.318 e. The summed E-state index contributed by atoms with van der Waals surface area (Å²) in [7, 11) is 0. The third-order valence-electron chi connectivity index (χ3n) is 3.02. The quantitative estimate of drug-likeness (QED) is 0.830. The zero-order valence-corrected chi connectivity index (χ0v) is 10.8. The second-order valence-electron chi connectivity index (χ2n) is 4.44. The molecule has 1 unspecified atom stereocenters. The van der Waals surface area contributed by atoms with Crippen LogP contribution in [0.1, 0.15) is 18.1 Å². The number of rotatable bonds is 2. The van der Waals surface area contributed by atoms with Gasteiger partial charge >= 0.3 is 0 Å². The summed E-state index contributed by atoms with van der Waals surface area (Å²) in [4.78, 5) is 0. The zero-order chi connectivity index (χ0) is 14.2. The van der Waals surface area contributed by atoms with Crippen LogP contribution in [0.25, 0.3) is 0 Å². The minimum Gasteiger partial charge on any atom is -0.318 e. The molecular weight excluding hydrogens is 275 g/mol. The number of benzene rings is 2. The normalized spacial score (nSPS) is 14.2. The van der Waals surface area contributed by atoms with Crippen LogP contribution in [0.3, 0.4) is 0 Å². The Morgan fingerprint density at radius 1 is 1.05 bits per heavy atom. The van der Waals surface area contributed by atoms with Gasteiger partial charge in [0.15, 0.2) is 17.5 Å². The van der Waals surface area contributed by atoms with Gasteiger partial charge in [0.05, 0.1) is 5.54 Å². The fraction of sp³-hybridized carbons (Fsp3) is 0.143. The maximum Gasteiger partial charge on any atom is 0.194 e. The second kappa shape index (κ2) is 4.87. The van der Waals surface area contributed by atoms with Crippen molar-refractivity contribution in [2.45, 2.75) is 12.5 Å². The highest BCUT2D eigenvalue weighted by atomic mass is 35.5. The third-order valence-corrected chi connectivity index (χ3v) is 3.25. The Morgan fingerprint density at radius 2 is 1.74 bits per heavy atom. The van der Waals surface area contributed by atoms with Crippen molar-refractivity contribution in [1.82, 2.24) is 0 Å². The highest BCUT2D eigenvalue weighted by molar-refractivity contribution is 6.30. The first-order chi connectivity index (χ1) is 8.84. The first-order valence-electron chi connectivity index (χ1n) is 5.53. The fourth-order valence-corrected chi connectivity index (χ4v) is 2.08. The van der Waals surface area contributed by atoms with Crippen LogP contribution in [0.15, 0.2) is 36.4 Å². The molecule has 0 radical (unpaired) electrons. The van der Waals surface area contributed by atoms with Gasteiger partial charge in [-0.15, -0.1) is 0 Å². The lowest BCUT2D eigenvalue weighted by molar-refractivity contribution is 0.425. The molecule has 1 nitrogen and oxygen atoms in total. The molecule has 0 bridgehead atoms. The molecule has 2 rings (SSSR count). The molecule has 0 spiro atoms. The first kappa shape index (κ1) is 13.9. The Labute approximate surface area is 113 Å². The Morgan fingerprint density at radius 3 is 2.37 bits per heavy atom. The average Bonchev–Trinajstić information content (AvgIpc) is 2.36. The molecule has 0 amide bonds. The summed E-state index contributed by atoms with van der Waals surface area (Å²) in [6, 6.07) is 8.48. The molecule has 0 fully saturated rings. The van der Waals surface area contributed by atoms with Gasteiger partial charge in [-0.05, 0) is 30.7 Å². The van der Waals surface area contributed by atoms with E-state index >= 15 is 0 Å². The van der Waals surface area contributed by atoms with E-state index in [4.69, 9.17) is 17.3 Å². The minimum absolute atomic E-state index is 0.131. The lowest BCUT2D eigenvalue weighted by Gasteiger charge is -2.26. The number of halogens is 4. The predicted molar refractivity (Wildman–Crippen MR) is 68.4 cm³/mol. The van der Waals surface area contributed by atoms with Gasteiger partial charge in [0.1, 0.15) is 0 Å². The molecule has 5 heteroatoms. The van der Waals surface area contributed by atoms with Crippen molar-refractivity contribution in [2.75, 3.05) is 0 Å². The number of nitrogens with two attached hydrogens (primary N) is 1. The topological polar surface area (TPSA) is 26.0 Å². The molecule has 2 aromatic rings. The highest BCUT2D eigenvalue weighted by Crippen LogP contribution is 2.31. The van der Waals surface area contributed by atoms with Crippen LogP contribution >= 0.6 is 11.6 Å². The van der Waals surface area contributed by atoms with E-state index < -0.39 is 23.0 Å². The van der Waals surface area contributed by atoms with E-state index in [-0.39, 0.29) is 5.56 Å². The van der Waals surface area contributed by atoms with Crippen molar-refractivity contribution in [3.05, 3.63) is 70.0 Å². The summed E-state index contributed by atoms with van der Waals surface area (Å²) in [6.45, 7) is 1.51. The molecule has 0 aliphatic heterocycles. The molecule has 100 valence electrons. The van der Waals surface area contributed by atoms with Gasteiger partial charge in [0, 0.05) is 10.6 Å². The van der Waals surface area contributed by atoms with Crippen LogP contribution in [0.4, 0.5) is 13.2 Å². The van der Waals surface area contributed by atoms with Gasteiger partial charge in [-0.1, -0.05) is 29.8 Å². The smallest absolute Gasteiger partial charge is 0.194 e. The van der Waals surface area contributed by atoms with E-state index in [1.807, 2.05) is 0 Å². The van der Waals surface area contributed by atoms with Crippen LogP contribution in [0.2, 0.25) is 5.02 Å². The minimum atomic E-state index is -1.53. The molecule has 0 saturated carbocycles. The second-order valence-corrected chi connectivity index (χ2v) is 4.87. The molecule has 1 atom stereocenters. The predicted octanol–water partition coefficient (Wildman–Crippen LogP) is 3.98. The Hall–Kier alpha value is -1.52. The molecule has 0 aromatic heterocycles. The maximum absolute atomic E-state index is 13.8. The summed E-state index contributed by atoms with van der Waals surface area (Å²) in [6.07, 6.45) is 0. The fourth-order valence-electron chi connectivity index (χ4n) is 1.89. The summed E-state index contributed by atoms with van der Waals surface area (Å²) >= 11 is 5.85. The van der Waals surface area contributed by atoms with Crippen LogP contribution in [0.5, 0.6) is 0 Å². The van der Waals surface area contributed by atoms with Gasteiger partial charge in [-0.2, -0.15) is 0 Å². The maximum atomic E-state index is 13.8. The van der Waals surface area contributed by atoms with Gasteiger partial charge in [-0.25, -0.2) is 13.2 Å². The Balaban J connectivity index is 2.60. The van der Waals surface area contributed by atoms with Crippen LogP contribution in [0, 0.1) is 17.5 Å². The van der Waals surface area contributed by atoms with E-state index in [2.05, 4.69) is 0 Å². The van der Waals surface area contributed by atoms with Crippen molar-refractivity contribution >= 4 is 11.6 Å². The van der Waals surface area contributed by atoms with E-state index in [1.165, 1.54) is 6.92 Å². The van der Waals surface area contributed by atoms with Crippen LogP contribution in [-0.4, -0.2) is 0 Å². The molecule has 0 saturated heterocycles. The standard InChI is InChI=1S/C14H11ClF3N/c1-14(19,8-3-2-4-9(15)7-8)10-5-6-11(16)13(18)12(10)17/h2-7H,19H2,1H3. The average molecular weight is 286 g/mol. The number of hydrogen-bond donors (Lipinski definition) is 1. The lowest BCUT2D eigenvalue weighted by atomic mass is 9.85. The first-order valence-corrected chi connectivity index (χ1v) is 5.90. The molecule has 2 N–H and O–H groups in total. The van der Waals surface area contributed by atoms with Crippen LogP contribution in [-0.2, 0) is 5.54 Å². The molecule has 2 aromatic carbocycles. The van der Waals surface area contributed by atoms with E-state index in [0.717, 1.165) is 12.1 Å². The summed E-state index contributed by atoms with van der Waals surface area (Å²) in [5.74, 6) is -4.07. The Kier molecular flexibility index (Phi) is 3.56. The van der Waals surface area contributed by atoms with Crippen molar-refractivity contribution < 1.29 is 13.2 Å². The van der Waals surface area contributed by atoms with Gasteiger partial charge in [0.25, 0.3) is 0 Å².